The van der Waals surface area contributed by atoms with E-state index in [4.69, 9.17) is 4.74 Å². The molecule has 0 unspecified atom stereocenters. The molecule has 0 saturated heterocycles. The number of benzene rings is 1. The largest absolute Gasteiger partial charge is 0.492 e. The molecule has 3 aromatic rings. The summed E-state index contributed by atoms with van der Waals surface area (Å²) in [5, 5.41) is 0.629. The number of hydrogen-bond donors (Lipinski definition) is 0. The Morgan fingerprint density at radius 3 is 2.77 bits per heavy atom. The quantitative estimate of drug-likeness (QED) is 0.636. The van der Waals surface area contributed by atoms with Crippen molar-refractivity contribution in [2.45, 2.75) is 6.92 Å². The van der Waals surface area contributed by atoms with E-state index >= 15 is 0 Å². The number of thiazole rings is 1. The lowest BCUT2D eigenvalue weighted by Crippen LogP contribution is -2.37. The average molecular weight is 371 g/mol. The van der Waals surface area contributed by atoms with Gasteiger partial charge in [-0.15, -0.1) is 0 Å². The van der Waals surface area contributed by atoms with Gasteiger partial charge in [-0.2, -0.15) is 0 Å². The van der Waals surface area contributed by atoms with Crippen LogP contribution in [0.5, 0.6) is 5.75 Å². The van der Waals surface area contributed by atoms with Crippen LogP contribution < -0.4 is 9.64 Å². The van der Waals surface area contributed by atoms with Crippen LogP contribution in [0.25, 0.3) is 10.2 Å². The third-order valence-electron chi connectivity index (χ3n) is 3.70. The van der Waals surface area contributed by atoms with Crippen LogP contribution in [0.1, 0.15) is 17.4 Å². The van der Waals surface area contributed by atoms with Crippen molar-refractivity contribution in [1.29, 1.82) is 0 Å². The first-order chi connectivity index (χ1) is 12.6. The van der Waals surface area contributed by atoms with Crippen LogP contribution in [0.3, 0.4) is 0 Å². The Labute approximate surface area is 156 Å². The number of para-hydroxylation sites is 1. The zero-order valence-electron chi connectivity index (χ0n) is 15.0. The smallest absolute Gasteiger partial charge is 0.280 e. The topological polar surface area (TPSA) is 71.5 Å². The molecule has 0 aliphatic heterocycles. The monoisotopic (exact) mass is 371 g/mol. The van der Waals surface area contributed by atoms with Crippen molar-refractivity contribution in [3.8, 4) is 5.75 Å². The summed E-state index contributed by atoms with van der Waals surface area (Å²) in [6.45, 7) is 3.72. The van der Waals surface area contributed by atoms with Crippen LogP contribution >= 0.6 is 11.3 Å². The Morgan fingerprint density at radius 2 is 2.08 bits per heavy atom. The van der Waals surface area contributed by atoms with E-state index in [9.17, 15) is 4.79 Å². The molecule has 136 valence electrons. The standard InChI is InChI=1S/C18H21N5O2S/c1-4-25-14-6-5-7-15-16(14)21-18(26-15)23(11-10-22(2)3)17(24)13-12-19-8-9-20-13/h5-9,12H,4,10-11H2,1-3H3. The van der Waals surface area contributed by atoms with Gasteiger partial charge in [0.2, 0.25) is 0 Å². The van der Waals surface area contributed by atoms with Gasteiger partial charge in [-0.25, -0.2) is 9.97 Å². The Bertz CT molecular complexity index is 882. The van der Waals surface area contributed by atoms with Gasteiger partial charge in [-0.05, 0) is 33.2 Å². The van der Waals surface area contributed by atoms with Crippen molar-refractivity contribution in [3.05, 3.63) is 42.5 Å². The van der Waals surface area contributed by atoms with Crippen molar-refractivity contribution >= 4 is 32.6 Å². The first kappa shape index (κ1) is 18.2. The van der Waals surface area contributed by atoms with Crippen molar-refractivity contribution in [1.82, 2.24) is 19.9 Å². The highest BCUT2D eigenvalue weighted by atomic mass is 32.1. The molecule has 0 spiro atoms. The summed E-state index contributed by atoms with van der Waals surface area (Å²) in [4.78, 5) is 29.5. The van der Waals surface area contributed by atoms with E-state index in [1.807, 2.05) is 44.1 Å². The summed E-state index contributed by atoms with van der Waals surface area (Å²) in [6, 6.07) is 5.81. The molecule has 2 aromatic heterocycles. The summed E-state index contributed by atoms with van der Waals surface area (Å²) in [6.07, 6.45) is 4.54. The zero-order chi connectivity index (χ0) is 18.5. The predicted octanol–water partition coefficient (Wildman–Crippen LogP) is 2.69. The number of carbonyl (C=O) groups excluding carboxylic acids is 1. The number of amides is 1. The Morgan fingerprint density at radius 1 is 1.23 bits per heavy atom. The second-order valence-electron chi connectivity index (χ2n) is 5.88. The highest BCUT2D eigenvalue weighted by molar-refractivity contribution is 7.22. The molecule has 0 N–H and O–H groups in total. The normalized spacial score (nSPS) is 11.1. The van der Waals surface area contributed by atoms with E-state index in [2.05, 4.69) is 15.0 Å². The third-order valence-corrected chi connectivity index (χ3v) is 4.74. The predicted molar refractivity (Wildman–Crippen MR) is 103 cm³/mol. The van der Waals surface area contributed by atoms with Gasteiger partial charge in [0.25, 0.3) is 5.91 Å². The molecule has 0 fully saturated rings. The van der Waals surface area contributed by atoms with Crippen molar-refractivity contribution in [2.75, 3.05) is 38.7 Å². The second kappa shape index (κ2) is 8.20. The maximum absolute atomic E-state index is 13.0. The van der Waals surface area contributed by atoms with Gasteiger partial charge in [0.05, 0.1) is 17.5 Å². The maximum Gasteiger partial charge on any atom is 0.280 e. The van der Waals surface area contributed by atoms with Crippen molar-refractivity contribution in [3.63, 3.8) is 0 Å². The lowest BCUT2D eigenvalue weighted by atomic mass is 10.3. The van der Waals surface area contributed by atoms with Crippen LogP contribution in [0.2, 0.25) is 0 Å². The number of anilines is 1. The molecule has 7 nitrogen and oxygen atoms in total. The van der Waals surface area contributed by atoms with Gasteiger partial charge in [-0.1, -0.05) is 17.4 Å². The van der Waals surface area contributed by atoms with Crippen LogP contribution in [-0.2, 0) is 0 Å². The number of aromatic nitrogens is 3. The number of carbonyl (C=O) groups is 1. The first-order valence-electron chi connectivity index (χ1n) is 8.35. The number of rotatable bonds is 7. The maximum atomic E-state index is 13.0. The second-order valence-corrected chi connectivity index (χ2v) is 6.89. The molecule has 0 radical (unpaired) electrons. The summed E-state index contributed by atoms with van der Waals surface area (Å²) < 4.78 is 6.65. The lowest BCUT2D eigenvalue weighted by molar-refractivity contribution is 0.0980. The zero-order valence-corrected chi connectivity index (χ0v) is 15.9. The fraction of sp³-hybridized carbons (Fsp3) is 0.333. The molecule has 26 heavy (non-hydrogen) atoms. The highest BCUT2D eigenvalue weighted by Crippen LogP contribution is 2.34. The van der Waals surface area contributed by atoms with E-state index in [-0.39, 0.29) is 5.91 Å². The molecular formula is C18H21N5O2S. The Kier molecular flexibility index (Phi) is 5.75. The molecule has 2 heterocycles. The molecule has 0 aliphatic rings. The fourth-order valence-corrected chi connectivity index (χ4v) is 3.44. The number of ether oxygens (including phenoxy) is 1. The minimum absolute atomic E-state index is 0.211. The minimum atomic E-state index is -0.211. The SMILES string of the molecule is CCOc1cccc2sc(N(CCN(C)C)C(=O)c3cnccn3)nc12. The molecule has 8 heteroatoms. The summed E-state index contributed by atoms with van der Waals surface area (Å²) in [7, 11) is 3.94. The number of nitrogens with zero attached hydrogens (tertiary/aromatic N) is 5. The van der Waals surface area contributed by atoms with E-state index in [0.717, 1.165) is 16.0 Å². The van der Waals surface area contributed by atoms with E-state index < -0.39 is 0 Å². The minimum Gasteiger partial charge on any atom is -0.492 e. The Hall–Kier alpha value is -2.58. The molecule has 0 aliphatic carbocycles. The van der Waals surface area contributed by atoms with Crippen LogP contribution in [-0.4, -0.2) is 59.6 Å². The summed E-state index contributed by atoms with van der Waals surface area (Å²) in [5.74, 6) is 0.518. The van der Waals surface area contributed by atoms with E-state index in [1.54, 1.807) is 11.1 Å². The van der Waals surface area contributed by atoms with Gasteiger partial charge < -0.3 is 9.64 Å². The lowest BCUT2D eigenvalue weighted by Gasteiger charge is -2.21. The molecule has 1 aromatic carbocycles. The van der Waals surface area contributed by atoms with Crippen LogP contribution in [0, 0.1) is 0 Å². The molecular weight excluding hydrogens is 350 g/mol. The molecule has 0 atom stereocenters. The molecule has 0 bridgehead atoms. The third kappa shape index (κ3) is 3.97. The molecule has 1 amide bonds. The molecule has 0 saturated carbocycles. The van der Waals surface area contributed by atoms with Gasteiger partial charge >= 0.3 is 0 Å². The molecule has 3 rings (SSSR count). The number of fused-ring (bicyclic) bond motifs is 1. The van der Waals surface area contributed by atoms with Crippen molar-refractivity contribution in [2.24, 2.45) is 0 Å². The first-order valence-corrected chi connectivity index (χ1v) is 9.16. The van der Waals surface area contributed by atoms with Gasteiger partial charge in [0, 0.05) is 25.5 Å². The van der Waals surface area contributed by atoms with Gasteiger partial charge in [-0.3, -0.25) is 14.7 Å². The van der Waals surface area contributed by atoms with Crippen LogP contribution in [0.4, 0.5) is 5.13 Å². The van der Waals surface area contributed by atoms with E-state index in [1.165, 1.54) is 23.7 Å². The number of likely N-dealkylation sites (N-methyl/N-ethyl adjacent to an activating group) is 1. The summed E-state index contributed by atoms with van der Waals surface area (Å²) >= 11 is 1.47. The number of hydrogen-bond acceptors (Lipinski definition) is 7. The van der Waals surface area contributed by atoms with Crippen LogP contribution in [0.15, 0.2) is 36.8 Å². The Balaban J connectivity index is 1.99. The van der Waals surface area contributed by atoms with Crippen molar-refractivity contribution < 1.29 is 9.53 Å². The van der Waals surface area contributed by atoms with Gasteiger partial charge in [0.15, 0.2) is 5.13 Å². The van der Waals surface area contributed by atoms with E-state index in [0.29, 0.717) is 30.5 Å². The highest BCUT2D eigenvalue weighted by Gasteiger charge is 2.23. The average Bonchev–Trinajstić information content (AvgIpc) is 3.07. The van der Waals surface area contributed by atoms with Gasteiger partial charge in [0.1, 0.15) is 17.0 Å². The summed E-state index contributed by atoms with van der Waals surface area (Å²) in [5.41, 5.74) is 1.08. The fourth-order valence-electron chi connectivity index (χ4n) is 2.43.